The predicted molar refractivity (Wildman–Crippen MR) is 99.5 cm³/mol. The maximum Gasteiger partial charge on any atom is 0.305 e. The molecule has 2 aromatic rings. The molecule has 2 heterocycles. The van der Waals surface area contributed by atoms with Gasteiger partial charge in [0.05, 0.1) is 12.5 Å². The van der Waals surface area contributed by atoms with Crippen LogP contribution in [0.3, 0.4) is 0 Å². The van der Waals surface area contributed by atoms with E-state index in [1.165, 1.54) is 12.0 Å². The van der Waals surface area contributed by atoms with Gasteiger partial charge in [-0.3, -0.25) is 14.4 Å². The number of aryl methyl sites for hydroxylation is 3. The molecule has 3 rings (SSSR count). The summed E-state index contributed by atoms with van der Waals surface area (Å²) in [6.07, 6.45) is 4.62. The maximum atomic E-state index is 12.4. The van der Waals surface area contributed by atoms with Crippen LogP contribution in [0.15, 0.2) is 4.79 Å². The zero-order chi connectivity index (χ0) is 18.7. The summed E-state index contributed by atoms with van der Waals surface area (Å²) in [7, 11) is 3.06. The molecule has 0 bridgehead atoms. The molecule has 8 heteroatoms. The Balaban J connectivity index is 1.58. The molecule has 1 amide bonds. The second-order valence-corrected chi connectivity index (χ2v) is 7.63. The highest BCUT2D eigenvalue weighted by atomic mass is 32.1. The van der Waals surface area contributed by atoms with Crippen LogP contribution in [-0.2, 0) is 33.6 Å². The van der Waals surface area contributed by atoms with E-state index in [9.17, 15) is 14.4 Å². The number of hydrogen-bond acceptors (Lipinski definition) is 6. The summed E-state index contributed by atoms with van der Waals surface area (Å²) >= 11 is 1.60. The minimum atomic E-state index is -0.274. The number of aromatic nitrogens is 2. The van der Waals surface area contributed by atoms with Crippen molar-refractivity contribution in [3.8, 4) is 0 Å². The largest absolute Gasteiger partial charge is 0.469 e. The molecule has 0 unspecified atom stereocenters. The molecule has 0 radical (unpaired) electrons. The quantitative estimate of drug-likeness (QED) is 0.743. The third-order valence-corrected chi connectivity index (χ3v) is 5.91. The van der Waals surface area contributed by atoms with Gasteiger partial charge in [-0.1, -0.05) is 0 Å². The van der Waals surface area contributed by atoms with E-state index in [0.29, 0.717) is 31.6 Å². The Morgan fingerprint density at radius 2 is 2.12 bits per heavy atom. The van der Waals surface area contributed by atoms with Crippen LogP contribution in [0.2, 0.25) is 0 Å². The van der Waals surface area contributed by atoms with Gasteiger partial charge in [0.15, 0.2) is 0 Å². The van der Waals surface area contributed by atoms with Gasteiger partial charge in [-0.05, 0) is 31.2 Å². The molecule has 0 fully saturated rings. The highest BCUT2D eigenvalue weighted by Crippen LogP contribution is 2.34. The Hall–Kier alpha value is -2.22. The minimum Gasteiger partial charge on any atom is -0.469 e. The Morgan fingerprint density at radius 3 is 2.88 bits per heavy atom. The van der Waals surface area contributed by atoms with Gasteiger partial charge in [-0.25, -0.2) is 4.98 Å². The molecule has 0 saturated carbocycles. The van der Waals surface area contributed by atoms with E-state index in [1.54, 1.807) is 23.3 Å². The summed E-state index contributed by atoms with van der Waals surface area (Å²) < 4.78 is 4.58. The first kappa shape index (κ1) is 18.6. The normalized spacial score (nSPS) is 13.0. The number of esters is 1. The predicted octanol–water partition coefficient (Wildman–Crippen LogP) is 1.82. The SMILES string of the molecule is COC(=O)CCCN(C)C(=O)CCc1nc2sc3c(c2c(=O)[nH]1)CCC3. The number of methoxy groups -OCH3 is 1. The summed E-state index contributed by atoms with van der Waals surface area (Å²) in [5.41, 5.74) is 1.06. The Bertz CT molecular complexity index is 886. The topological polar surface area (TPSA) is 92.4 Å². The van der Waals surface area contributed by atoms with Gasteiger partial charge in [0.25, 0.3) is 5.56 Å². The van der Waals surface area contributed by atoms with Crippen molar-refractivity contribution in [2.45, 2.75) is 44.9 Å². The third-order valence-electron chi connectivity index (χ3n) is 4.73. The number of carbonyl (C=O) groups is 2. The summed E-state index contributed by atoms with van der Waals surface area (Å²) in [5.74, 6) is 0.244. The number of fused-ring (bicyclic) bond motifs is 3. The second kappa shape index (κ2) is 7.99. The van der Waals surface area contributed by atoms with Crippen LogP contribution in [-0.4, -0.2) is 47.4 Å². The number of amides is 1. The first-order valence-corrected chi connectivity index (χ1v) is 9.65. The fraction of sp³-hybridized carbons (Fsp3) is 0.556. The van der Waals surface area contributed by atoms with E-state index < -0.39 is 0 Å². The smallest absolute Gasteiger partial charge is 0.305 e. The number of aromatic amines is 1. The van der Waals surface area contributed by atoms with E-state index in [0.717, 1.165) is 35.0 Å². The fourth-order valence-corrected chi connectivity index (χ4v) is 4.55. The molecular formula is C18H23N3O4S. The monoisotopic (exact) mass is 377 g/mol. The van der Waals surface area contributed by atoms with Crippen LogP contribution in [0.4, 0.5) is 0 Å². The molecule has 1 N–H and O–H groups in total. The Kier molecular flexibility index (Phi) is 5.70. The van der Waals surface area contributed by atoms with Crippen LogP contribution < -0.4 is 5.56 Å². The van der Waals surface area contributed by atoms with E-state index >= 15 is 0 Å². The van der Waals surface area contributed by atoms with Gasteiger partial charge in [0.2, 0.25) is 5.91 Å². The minimum absolute atomic E-state index is 0.0358. The number of carbonyl (C=O) groups excluding carboxylic acids is 2. The van der Waals surface area contributed by atoms with Gasteiger partial charge < -0.3 is 14.6 Å². The van der Waals surface area contributed by atoms with Crippen molar-refractivity contribution in [1.29, 1.82) is 0 Å². The molecule has 2 aromatic heterocycles. The van der Waals surface area contributed by atoms with E-state index in [1.807, 2.05) is 0 Å². The van der Waals surface area contributed by atoms with Crippen LogP contribution in [0, 0.1) is 0 Å². The lowest BCUT2D eigenvalue weighted by Gasteiger charge is -2.16. The zero-order valence-corrected chi connectivity index (χ0v) is 15.9. The van der Waals surface area contributed by atoms with Crippen molar-refractivity contribution in [3.05, 3.63) is 26.6 Å². The van der Waals surface area contributed by atoms with Crippen molar-refractivity contribution >= 4 is 33.4 Å². The number of thiophene rings is 1. The molecule has 7 nitrogen and oxygen atoms in total. The number of rotatable bonds is 7. The molecule has 0 spiro atoms. The fourth-order valence-electron chi connectivity index (χ4n) is 3.27. The van der Waals surface area contributed by atoms with Crippen molar-refractivity contribution in [3.63, 3.8) is 0 Å². The summed E-state index contributed by atoms with van der Waals surface area (Å²) in [4.78, 5) is 46.8. The van der Waals surface area contributed by atoms with Crippen LogP contribution in [0.1, 0.15) is 41.9 Å². The lowest BCUT2D eigenvalue weighted by Crippen LogP contribution is -2.28. The van der Waals surface area contributed by atoms with Crippen LogP contribution >= 0.6 is 11.3 Å². The average molecular weight is 377 g/mol. The summed E-state index contributed by atoms with van der Waals surface area (Å²) in [6.45, 7) is 0.495. The van der Waals surface area contributed by atoms with Crippen LogP contribution in [0.5, 0.6) is 0 Å². The van der Waals surface area contributed by atoms with Crippen molar-refractivity contribution < 1.29 is 14.3 Å². The number of nitrogens with zero attached hydrogens (tertiary/aromatic N) is 2. The standard InChI is InChI=1S/C18H23N3O4S/c1-21(10-4-7-15(23)25-2)14(22)9-8-13-19-17(24)16-11-5-3-6-12(11)26-18(16)20-13/h3-10H2,1-2H3,(H,19,20,24). The third kappa shape index (κ3) is 3.95. The second-order valence-electron chi connectivity index (χ2n) is 6.55. The van der Waals surface area contributed by atoms with E-state index in [-0.39, 0.29) is 23.9 Å². The molecule has 26 heavy (non-hydrogen) atoms. The molecule has 0 atom stereocenters. The number of H-pyrrole nitrogens is 1. The highest BCUT2D eigenvalue weighted by molar-refractivity contribution is 7.18. The lowest BCUT2D eigenvalue weighted by molar-refractivity contribution is -0.141. The van der Waals surface area contributed by atoms with Gasteiger partial charge in [-0.15, -0.1) is 11.3 Å². The molecule has 1 aliphatic carbocycles. The van der Waals surface area contributed by atoms with Gasteiger partial charge in [0.1, 0.15) is 10.7 Å². The molecule has 140 valence electrons. The molecule has 0 saturated heterocycles. The summed E-state index contributed by atoms with van der Waals surface area (Å²) in [5, 5.41) is 0.734. The van der Waals surface area contributed by atoms with Gasteiger partial charge >= 0.3 is 5.97 Å². The maximum absolute atomic E-state index is 12.4. The highest BCUT2D eigenvalue weighted by Gasteiger charge is 2.21. The van der Waals surface area contributed by atoms with Gasteiger partial charge in [0, 0.05) is 37.7 Å². The molecule has 0 aromatic carbocycles. The lowest BCUT2D eigenvalue weighted by atomic mass is 10.2. The average Bonchev–Trinajstić information content (AvgIpc) is 3.19. The first-order valence-electron chi connectivity index (χ1n) is 8.84. The van der Waals surface area contributed by atoms with Crippen molar-refractivity contribution in [2.24, 2.45) is 0 Å². The van der Waals surface area contributed by atoms with Crippen LogP contribution in [0.25, 0.3) is 10.2 Å². The zero-order valence-electron chi connectivity index (χ0n) is 15.1. The number of ether oxygens (including phenoxy) is 1. The number of hydrogen-bond donors (Lipinski definition) is 1. The summed E-state index contributed by atoms with van der Waals surface area (Å²) in [6, 6.07) is 0. The first-order chi connectivity index (χ1) is 12.5. The van der Waals surface area contributed by atoms with E-state index in [2.05, 4.69) is 14.7 Å². The van der Waals surface area contributed by atoms with Gasteiger partial charge in [-0.2, -0.15) is 0 Å². The molecular weight excluding hydrogens is 354 g/mol. The van der Waals surface area contributed by atoms with E-state index in [4.69, 9.17) is 0 Å². The Morgan fingerprint density at radius 1 is 1.31 bits per heavy atom. The molecule has 1 aliphatic rings. The van der Waals surface area contributed by atoms with Crippen molar-refractivity contribution in [1.82, 2.24) is 14.9 Å². The number of nitrogens with one attached hydrogen (secondary N) is 1. The molecule has 0 aliphatic heterocycles. The Labute approximate surface area is 155 Å². The van der Waals surface area contributed by atoms with Crippen molar-refractivity contribution in [2.75, 3.05) is 20.7 Å².